The monoisotopic (exact) mass is 505 g/mol. The summed E-state index contributed by atoms with van der Waals surface area (Å²) in [6, 6.07) is 16.3. The van der Waals surface area contributed by atoms with Gasteiger partial charge in [0.1, 0.15) is 22.0 Å². The van der Waals surface area contributed by atoms with E-state index in [9.17, 15) is 5.11 Å². The summed E-state index contributed by atoms with van der Waals surface area (Å²) in [5.41, 5.74) is 2.90. The summed E-state index contributed by atoms with van der Waals surface area (Å²) in [5.74, 6) is 2.03. The van der Waals surface area contributed by atoms with Gasteiger partial charge in [-0.3, -0.25) is 0 Å². The van der Waals surface area contributed by atoms with Crippen LogP contribution in [0.5, 0.6) is 0 Å². The largest absolute Gasteiger partial charge is 0.396 e. The molecule has 0 unspecified atom stereocenters. The van der Waals surface area contributed by atoms with Crippen LogP contribution in [0.3, 0.4) is 0 Å². The Hall–Kier alpha value is -3.34. The summed E-state index contributed by atoms with van der Waals surface area (Å²) in [5, 5.41) is 29.6. The first-order valence-electron chi connectivity index (χ1n) is 12.4. The van der Waals surface area contributed by atoms with Crippen LogP contribution < -0.4 is 16.0 Å². The predicted molar refractivity (Wildman–Crippen MR) is 144 cm³/mol. The molecule has 1 fully saturated rings. The normalized spacial score (nSPS) is 17.7. The van der Waals surface area contributed by atoms with Gasteiger partial charge in [-0.15, -0.1) is 0 Å². The van der Waals surface area contributed by atoms with Crippen molar-refractivity contribution >= 4 is 44.4 Å². The molecule has 3 heterocycles. The van der Waals surface area contributed by atoms with E-state index in [1.807, 2.05) is 36.4 Å². The smallest absolute Gasteiger partial charge is 0.225 e. The van der Waals surface area contributed by atoms with Crippen LogP contribution in [0.25, 0.3) is 10.3 Å². The van der Waals surface area contributed by atoms with Gasteiger partial charge in [-0.2, -0.15) is 4.98 Å². The molecule has 1 saturated carbocycles. The van der Waals surface area contributed by atoms with Gasteiger partial charge in [-0.25, -0.2) is 15.0 Å². The van der Waals surface area contributed by atoms with E-state index in [0.717, 1.165) is 47.5 Å². The van der Waals surface area contributed by atoms with Crippen molar-refractivity contribution < 1.29 is 10.2 Å². The van der Waals surface area contributed by atoms with Crippen LogP contribution in [0.1, 0.15) is 43.4 Å². The summed E-state index contributed by atoms with van der Waals surface area (Å²) >= 11 is 1.47. The van der Waals surface area contributed by atoms with E-state index in [0.29, 0.717) is 36.3 Å². The van der Waals surface area contributed by atoms with E-state index in [4.69, 9.17) is 15.1 Å². The first kappa shape index (κ1) is 24.4. The Morgan fingerprint density at radius 1 is 0.917 bits per heavy atom. The van der Waals surface area contributed by atoms with Crippen molar-refractivity contribution in [1.29, 1.82) is 0 Å². The molecule has 0 atom stereocenters. The highest BCUT2D eigenvalue weighted by Gasteiger charge is 2.20. The van der Waals surface area contributed by atoms with Crippen molar-refractivity contribution in [1.82, 2.24) is 19.9 Å². The third-order valence-corrected chi connectivity index (χ3v) is 7.05. The lowest BCUT2D eigenvalue weighted by atomic mass is 9.93. The lowest BCUT2D eigenvalue weighted by molar-refractivity contribution is 0.126. The molecule has 0 saturated heterocycles. The Labute approximate surface area is 214 Å². The second-order valence-electron chi connectivity index (χ2n) is 9.05. The molecule has 5 N–H and O–H groups in total. The highest BCUT2D eigenvalue weighted by Crippen LogP contribution is 2.29. The molecule has 3 aromatic heterocycles. The molecule has 4 aromatic rings. The standard InChI is InChI=1S/C26H31N7O2S/c34-14-4-13-27-22-12-11-21-24(31-22)36-26(30-21)33-23-16-19(15-17-5-2-1-3-6-17)29-25(32-23)28-18-7-9-20(35)10-8-18/h1-3,5-6,11-12,16,18,20,34-35H,4,7-10,13-15H2,(H,27,31)(H2,28,29,30,32,33). The molecule has 10 heteroatoms. The van der Waals surface area contributed by atoms with Crippen molar-refractivity contribution in [2.75, 3.05) is 29.1 Å². The maximum atomic E-state index is 9.85. The molecule has 0 bridgehead atoms. The van der Waals surface area contributed by atoms with Crippen molar-refractivity contribution in [3.8, 4) is 0 Å². The molecule has 36 heavy (non-hydrogen) atoms. The number of pyridine rings is 1. The maximum Gasteiger partial charge on any atom is 0.225 e. The Bertz CT molecular complexity index is 1280. The molecule has 1 aromatic carbocycles. The average molecular weight is 506 g/mol. The lowest BCUT2D eigenvalue weighted by Crippen LogP contribution is -2.29. The van der Waals surface area contributed by atoms with E-state index in [1.165, 1.54) is 16.9 Å². The van der Waals surface area contributed by atoms with Crippen LogP contribution in [0.2, 0.25) is 0 Å². The number of rotatable bonds is 10. The van der Waals surface area contributed by atoms with Crippen LogP contribution in [-0.2, 0) is 6.42 Å². The number of nitrogens with zero attached hydrogens (tertiary/aromatic N) is 4. The van der Waals surface area contributed by atoms with Crippen LogP contribution in [0.15, 0.2) is 48.5 Å². The SMILES string of the molecule is OCCCNc1ccc2nc(Nc3cc(Cc4ccccc4)nc(NC4CCC(O)CC4)n3)sc2n1. The highest BCUT2D eigenvalue weighted by atomic mass is 32.1. The van der Waals surface area contributed by atoms with E-state index in [1.54, 1.807) is 0 Å². The number of anilines is 4. The van der Waals surface area contributed by atoms with Gasteiger partial charge in [0.25, 0.3) is 0 Å². The molecular formula is C26H31N7O2S. The fourth-order valence-corrected chi connectivity index (χ4v) is 5.14. The highest BCUT2D eigenvalue weighted by molar-refractivity contribution is 7.21. The molecule has 1 aliphatic carbocycles. The van der Waals surface area contributed by atoms with Gasteiger partial charge >= 0.3 is 0 Å². The van der Waals surface area contributed by atoms with E-state index in [2.05, 4.69) is 38.1 Å². The minimum Gasteiger partial charge on any atom is -0.396 e. The number of hydrogen-bond donors (Lipinski definition) is 5. The number of fused-ring (bicyclic) bond motifs is 1. The zero-order valence-electron chi connectivity index (χ0n) is 20.0. The Balaban J connectivity index is 1.36. The molecule has 0 amide bonds. The topological polar surface area (TPSA) is 128 Å². The predicted octanol–water partition coefficient (Wildman–Crippen LogP) is 4.33. The first-order chi connectivity index (χ1) is 17.6. The third kappa shape index (κ3) is 6.45. The minimum absolute atomic E-state index is 0.147. The van der Waals surface area contributed by atoms with Gasteiger partial charge < -0.3 is 26.2 Å². The number of aromatic nitrogens is 4. The summed E-state index contributed by atoms with van der Waals surface area (Å²) in [6.07, 6.45) is 4.54. The fraction of sp³-hybridized carbons (Fsp3) is 0.385. The van der Waals surface area contributed by atoms with Gasteiger partial charge in [0.05, 0.1) is 11.8 Å². The van der Waals surface area contributed by atoms with Crippen LogP contribution in [0, 0.1) is 0 Å². The second kappa shape index (κ2) is 11.6. The Morgan fingerprint density at radius 2 is 1.75 bits per heavy atom. The Morgan fingerprint density at radius 3 is 2.56 bits per heavy atom. The zero-order valence-corrected chi connectivity index (χ0v) is 20.8. The third-order valence-electron chi connectivity index (χ3n) is 6.17. The summed E-state index contributed by atoms with van der Waals surface area (Å²) < 4.78 is 0. The minimum atomic E-state index is -0.205. The van der Waals surface area contributed by atoms with Gasteiger partial charge in [-0.1, -0.05) is 41.7 Å². The van der Waals surface area contributed by atoms with Crippen LogP contribution in [0.4, 0.5) is 22.7 Å². The second-order valence-corrected chi connectivity index (χ2v) is 10.0. The number of aliphatic hydroxyl groups is 2. The number of benzene rings is 1. The molecule has 188 valence electrons. The molecule has 5 rings (SSSR count). The summed E-state index contributed by atoms with van der Waals surface area (Å²) in [4.78, 5) is 19.7. The summed E-state index contributed by atoms with van der Waals surface area (Å²) in [7, 11) is 0. The van der Waals surface area contributed by atoms with Gasteiger partial charge in [-0.05, 0) is 49.8 Å². The molecule has 9 nitrogen and oxygen atoms in total. The first-order valence-corrected chi connectivity index (χ1v) is 13.2. The van der Waals surface area contributed by atoms with E-state index in [-0.39, 0.29) is 18.8 Å². The quantitative estimate of drug-likeness (QED) is 0.200. The molecule has 0 aliphatic heterocycles. The van der Waals surface area contributed by atoms with Crippen molar-refractivity contribution in [2.45, 2.75) is 50.7 Å². The lowest BCUT2D eigenvalue weighted by Gasteiger charge is -2.26. The van der Waals surface area contributed by atoms with Gasteiger partial charge in [0.2, 0.25) is 5.95 Å². The number of aliphatic hydroxyl groups excluding tert-OH is 2. The number of thiazole rings is 1. The van der Waals surface area contributed by atoms with Crippen LogP contribution in [-0.4, -0.2) is 55.4 Å². The molecular weight excluding hydrogens is 474 g/mol. The Kier molecular flexibility index (Phi) is 7.85. The molecule has 0 spiro atoms. The molecule has 0 radical (unpaired) electrons. The average Bonchev–Trinajstić information content (AvgIpc) is 3.27. The van der Waals surface area contributed by atoms with Crippen molar-refractivity contribution in [2.24, 2.45) is 0 Å². The van der Waals surface area contributed by atoms with Crippen molar-refractivity contribution in [3.05, 3.63) is 59.8 Å². The molecule has 1 aliphatic rings. The van der Waals surface area contributed by atoms with Crippen molar-refractivity contribution in [3.63, 3.8) is 0 Å². The maximum absolute atomic E-state index is 9.85. The van der Waals surface area contributed by atoms with Crippen LogP contribution >= 0.6 is 11.3 Å². The van der Waals surface area contributed by atoms with Gasteiger partial charge in [0, 0.05) is 31.7 Å². The van der Waals surface area contributed by atoms with E-state index >= 15 is 0 Å². The fourth-order valence-electron chi connectivity index (χ4n) is 4.30. The van der Waals surface area contributed by atoms with E-state index < -0.39 is 0 Å². The van der Waals surface area contributed by atoms with Gasteiger partial charge in [0.15, 0.2) is 5.13 Å². The number of nitrogens with one attached hydrogen (secondary N) is 3. The zero-order chi connectivity index (χ0) is 24.7. The summed E-state index contributed by atoms with van der Waals surface area (Å²) in [6.45, 7) is 0.814. The number of hydrogen-bond acceptors (Lipinski definition) is 10.